The number of para-hydroxylation sites is 1. The Kier molecular flexibility index (Phi) is 3.97. The molecule has 0 saturated heterocycles. The van der Waals surface area contributed by atoms with Crippen LogP contribution in [0.1, 0.15) is 11.4 Å². The largest absolute Gasteiger partial charge is 0.486 e. The van der Waals surface area contributed by atoms with Crippen molar-refractivity contribution in [1.82, 2.24) is 15.0 Å². The molecular weight excluding hydrogens is 266 g/mol. The topological polar surface area (TPSA) is 87.5 Å². The van der Waals surface area contributed by atoms with E-state index in [1.54, 1.807) is 24.3 Å². The minimum Gasteiger partial charge on any atom is -0.486 e. The highest BCUT2D eigenvalue weighted by Gasteiger charge is 2.13. The van der Waals surface area contributed by atoms with Crippen LogP contribution in [0.4, 0.5) is 0 Å². The standard InChI is InChI=1S/C12H8ClN5O/c13-9-3-1-2-4-12(9)19-8-11-10(7-15)16-17-18(11)6-5-14/h1-4H,6,8H2. The molecule has 0 aliphatic heterocycles. The molecule has 0 saturated carbocycles. The molecule has 1 aromatic carbocycles. The summed E-state index contributed by atoms with van der Waals surface area (Å²) >= 11 is 5.96. The fraction of sp³-hybridized carbons (Fsp3) is 0.167. The SMILES string of the molecule is N#CCn1nnc(C#N)c1COc1ccccc1Cl. The lowest BCUT2D eigenvalue weighted by molar-refractivity contribution is 0.293. The number of hydrogen-bond donors (Lipinski definition) is 0. The third-order valence-corrected chi connectivity index (χ3v) is 2.68. The fourth-order valence-corrected chi connectivity index (χ4v) is 1.65. The molecule has 2 rings (SSSR count). The van der Waals surface area contributed by atoms with Crippen LogP contribution in [0.25, 0.3) is 0 Å². The summed E-state index contributed by atoms with van der Waals surface area (Å²) in [6.45, 7) is 0.0806. The van der Waals surface area contributed by atoms with Crippen molar-refractivity contribution in [2.24, 2.45) is 0 Å². The number of benzene rings is 1. The minimum atomic E-state index is 0.00982. The maximum absolute atomic E-state index is 8.92. The maximum atomic E-state index is 8.92. The van der Waals surface area contributed by atoms with Gasteiger partial charge in [-0.05, 0) is 12.1 Å². The Balaban J connectivity index is 2.20. The van der Waals surface area contributed by atoms with Gasteiger partial charge < -0.3 is 4.74 Å². The van der Waals surface area contributed by atoms with E-state index in [0.717, 1.165) is 0 Å². The van der Waals surface area contributed by atoms with Gasteiger partial charge in [0.1, 0.15) is 30.7 Å². The van der Waals surface area contributed by atoms with Crippen LogP contribution in [0.15, 0.2) is 24.3 Å². The quantitative estimate of drug-likeness (QED) is 0.849. The highest BCUT2D eigenvalue weighted by atomic mass is 35.5. The number of nitriles is 2. The van der Waals surface area contributed by atoms with E-state index in [4.69, 9.17) is 26.9 Å². The van der Waals surface area contributed by atoms with Gasteiger partial charge in [0.05, 0.1) is 11.1 Å². The minimum absolute atomic E-state index is 0.00982. The molecule has 94 valence electrons. The van der Waals surface area contributed by atoms with Gasteiger partial charge in [-0.2, -0.15) is 10.5 Å². The molecule has 0 fully saturated rings. The summed E-state index contributed by atoms with van der Waals surface area (Å²) in [5, 5.41) is 25.5. The van der Waals surface area contributed by atoms with E-state index in [1.165, 1.54) is 4.68 Å². The molecular formula is C12H8ClN5O. The molecule has 1 aromatic heterocycles. The Morgan fingerprint density at radius 1 is 1.32 bits per heavy atom. The van der Waals surface area contributed by atoms with Crippen molar-refractivity contribution in [1.29, 1.82) is 10.5 Å². The van der Waals surface area contributed by atoms with E-state index in [-0.39, 0.29) is 18.8 Å². The highest BCUT2D eigenvalue weighted by Crippen LogP contribution is 2.24. The molecule has 1 heterocycles. The van der Waals surface area contributed by atoms with E-state index in [1.807, 2.05) is 12.1 Å². The van der Waals surface area contributed by atoms with E-state index >= 15 is 0 Å². The Bertz CT molecular complexity index is 667. The Morgan fingerprint density at radius 3 is 2.79 bits per heavy atom. The highest BCUT2D eigenvalue weighted by molar-refractivity contribution is 6.32. The predicted octanol–water partition coefficient (Wildman–Crippen LogP) is 1.91. The van der Waals surface area contributed by atoms with Crippen molar-refractivity contribution in [3.8, 4) is 17.9 Å². The first-order chi connectivity index (χ1) is 9.26. The Hall–Kier alpha value is -2.57. The van der Waals surface area contributed by atoms with Gasteiger partial charge >= 0.3 is 0 Å². The molecule has 0 N–H and O–H groups in total. The van der Waals surface area contributed by atoms with Crippen molar-refractivity contribution >= 4 is 11.6 Å². The fourth-order valence-electron chi connectivity index (χ4n) is 1.46. The molecule has 0 spiro atoms. The van der Waals surface area contributed by atoms with E-state index in [2.05, 4.69) is 10.3 Å². The molecule has 0 radical (unpaired) electrons. The van der Waals surface area contributed by atoms with Crippen LogP contribution in [0, 0.1) is 22.7 Å². The van der Waals surface area contributed by atoms with Crippen LogP contribution in [-0.2, 0) is 13.2 Å². The molecule has 0 atom stereocenters. The van der Waals surface area contributed by atoms with Gasteiger partial charge in [0.25, 0.3) is 0 Å². The molecule has 19 heavy (non-hydrogen) atoms. The second-order valence-corrected chi connectivity index (χ2v) is 3.94. The Morgan fingerprint density at radius 2 is 2.11 bits per heavy atom. The van der Waals surface area contributed by atoms with Crippen LogP contribution in [0.3, 0.4) is 0 Å². The number of hydrogen-bond acceptors (Lipinski definition) is 5. The number of rotatable bonds is 4. The summed E-state index contributed by atoms with van der Waals surface area (Å²) in [7, 11) is 0. The van der Waals surface area contributed by atoms with Crippen LogP contribution >= 0.6 is 11.6 Å². The van der Waals surface area contributed by atoms with Gasteiger partial charge in [-0.1, -0.05) is 28.9 Å². The summed E-state index contributed by atoms with van der Waals surface area (Å²) in [4.78, 5) is 0. The molecule has 0 bridgehead atoms. The van der Waals surface area contributed by atoms with E-state index < -0.39 is 0 Å². The van der Waals surface area contributed by atoms with Crippen molar-refractivity contribution in [2.75, 3.05) is 0 Å². The zero-order valence-corrected chi connectivity index (χ0v) is 10.5. The van der Waals surface area contributed by atoms with Crippen molar-refractivity contribution in [2.45, 2.75) is 13.2 Å². The predicted molar refractivity (Wildman–Crippen MR) is 66.1 cm³/mol. The summed E-state index contributed by atoms with van der Waals surface area (Å²) in [6, 6.07) is 10.8. The molecule has 0 aliphatic carbocycles. The van der Waals surface area contributed by atoms with Crippen LogP contribution in [0.5, 0.6) is 5.75 Å². The first-order valence-corrected chi connectivity index (χ1v) is 5.70. The zero-order valence-electron chi connectivity index (χ0n) is 9.75. The smallest absolute Gasteiger partial charge is 0.189 e. The van der Waals surface area contributed by atoms with Gasteiger partial charge in [-0.25, -0.2) is 4.68 Å². The van der Waals surface area contributed by atoms with Gasteiger partial charge in [0.15, 0.2) is 5.69 Å². The first-order valence-electron chi connectivity index (χ1n) is 5.33. The molecule has 0 amide bonds. The lowest BCUT2D eigenvalue weighted by atomic mass is 10.3. The second kappa shape index (κ2) is 5.85. The summed E-state index contributed by atoms with van der Waals surface area (Å²) in [5.74, 6) is 0.498. The van der Waals surface area contributed by atoms with Crippen LogP contribution < -0.4 is 4.74 Å². The average molecular weight is 274 g/mol. The lowest BCUT2D eigenvalue weighted by Gasteiger charge is -2.08. The Labute approximate surface area is 114 Å². The molecule has 0 aliphatic rings. The number of nitrogens with zero attached hydrogens (tertiary/aromatic N) is 5. The maximum Gasteiger partial charge on any atom is 0.189 e. The average Bonchev–Trinajstić information content (AvgIpc) is 2.80. The van der Waals surface area contributed by atoms with E-state index in [9.17, 15) is 0 Å². The first kappa shape index (κ1) is 12.9. The van der Waals surface area contributed by atoms with Crippen LogP contribution in [0.2, 0.25) is 5.02 Å². The van der Waals surface area contributed by atoms with Gasteiger partial charge in [-0.15, -0.1) is 5.10 Å². The van der Waals surface area contributed by atoms with Crippen molar-refractivity contribution in [3.63, 3.8) is 0 Å². The molecule has 0 unspecified atom stereocenters. The van der Waals surface area contributed by atoms with Gasteiger partial charge in [0, 0.05) is 0 Å². The summed E-state index contributed by atoms with van der Waals surface area (Å²) in [6.07, 6.45) is 0. The van der Waals surface area contributed by atoms with Crippen molar-refractivity contribution in [3.05, 3.63) is 40.7 Å². The number of ether oxygens (including phenoxy) is 1. The zero-order chi connectivity index (χ0) is 13.7. The monoisotopic (exact) mass is 273 g/mol. The third kappa shape index (κ3) is 2.82. The van der Waals surface area contributed by atoms with Gasteiger partial charge in [0.2, 0.25) is 0 Å². The van der Waals surface area contributed by atoms with E-state index in [0.29, 0.717) is 16.5 Å². The summed E-state index contributed by atoms with van der Waals surface area (Å²) in [5.41, 5.74) is 0.589. The van der Waals surface area contributed by atoms with Gasteiger partial charge in [-0.3, -0.25) is 0 Å². The molecule has 2 aromatic rings. The van der Waals surface area contributed by atoms with Crippen molar-refractivity contribution < 1.29 is 4.74 Å². The third-order valence-electron chi connectivity index (χ3n) is 2.37. The summed E-state index contributed by atoms with van der Waals surface area (Å²) < 4.78 is 6.85. The number of halogens is 1. The van der Waals surface area contributed by atoms with Crippen LogP contribution in [-0.4, -0.2) is 15.0 Å². The number of aromatic nitrogens is 3. The normalized spacial score (nSPS) is 9.63. The molecule has 6 nitrogen and oxygen atoms in total. The lowest BCUT2D eigenvalue weighted by Crippen LogP contribution is -2.08. The molecule has 7 heteroatoms. The second-order valence-electron chi connectivity index (χ2n) is 3.53.